The fraction of sp³-hybridized carbons (Fsp3) is 0.417. The van der Waals surface area contributed by atoms with Crippen LogP contribution < -0.4 is 4.90 Å². The first-order valence-electron chi connectivity index (χ1n) is 11.8. The van der Waals surface area contributed by atoms with E-state index in [1.807, 2.05) is 13.0 Å². The average molecular weight is 549 g/mol. The Morgan fingerprint density at radius 2 is 1.67 bits per heavy atom. The number of carbonyl (C=O) groups is 1. The summed E-state index contributed by atoms with van der Waals surface area (Å²) in [5.41, 5.74) is 1.45. The van der Waals surface area contributed by atoms with E-state index in [1.54, 1.807) is 41.3 Å². The van der Waals surface area contributed by atoms with Crippen LogP contribution in [0.25, 0.3) is 10.2 Å². The number of nitrogens with zero attached hydrogens (tertiary/aromatic N) is 4. The van der Waals surface area contributed by atoms with Crippen molar-refractivity contribution in [2.45, 2.75) is 35.6 Å². The number of aromatic nitrogens is 1. The lowest BCUT2D eigenvalue weighted by Crippen LogP contribution is -2.54. The second-order valence-corrected chi connectivity index (χ2v) is 14.2. The number of sulfonamides is 1. The SMILES string of the molecule is Cc1ccc(S(=O)(=O)N2CCCC2C(=O)N2CCN(c3nc4c(S(C)(=O)=O)cccc4s3)CC2)cc1. The van der Waals surface area contributed by atoms with E-state index in [1.165, 1.54) is 21.9 Å². The number of benzene rings is 2. The maximum atomic E-state index is 13.4. The molecular weight excluding hydrogens is 520 g/mol. The van der Waals surface area contributed by atoms with Crippen LogP contribution >= 0.6 is 11.3 Å². The number of para-hydroxylation sites is 1. The molecule has 0 N–H and O–H groups in total. The molecule has 3 heterocycles. The number of fused-ring (bicyclic) bond motifs is 1. The number of anilines is 1. The van der Waals surface area contributed by atoms with Gasteiger partial charge < -0.3 is 9.80 Å². The van der Waals surface area contributed by atoms with Gasteiger partial charge in [0.1, 0.15) is 11.6 Å². The standard InChI is InChI=1S/C24H28N4O5S3/c1-17-8-10-18(11-9-17)36(32,33)28-12-4-5-19(28)23(29)26-13-15-27(16-14-26)24-25-22-20(34-24)6-3-7-21(22)35(2,30)31/h3,6-11,19H,4-5,12-16H2,1-2H3. The van der Waals surface area contributed by atoms with E-state index >= 15 is 0 Å². The van der Waals surface area contributed by atoms with E-state index in [2.05, 4.69) is 9.88 Å². The second kappa shape index (κ2) is 9.40. The lowest BCUT2D eigenvalue weighted by Gasteiger charge is -2.37. The largest absolute Gasteiger partial charge is 0.345 e. The van der Waals surface area contributed by atoms with Crippen LogP contribution in [0.4, 0.5) is 5.13 Å². The molecule has 2 aromatic carbocycles. The van der Waals surface area contributed by atoms with Crippen LogP contribution in [-0.4, -0.2) is 82.0 Å². The van der Waals surface area contributed by atoms with Crippen molar-refractivity contribution in [1.82, 2.24) is 14.2 Å². The Morgan fingerprint density at radius 3 is 2.33 bits per heavy atom. The molecule has 0 saturated carbocycles. The monoisotopic (exact) mass is 548 g/mol. The molecule has 5 rings (SSSR count). The van der Waals surface area contributed by atoms with Crippen LogP contribution in [0.2, 0.25) is 0 Å². The van der Waals surface area contributed by atoms with Crippen LogP contribution in [0.1, 0.15) is 18.4 Å². The number of hydrogen-bond donors (Lipinski definition) is 0. The van der Waals surface area contributed by atoms with Crippen molar-refractivity contribution < 1.29 is 21.6 Å². The van der Waals surface area contributed by atoms with Gasteiger partial charge in [0.15, 0.2) is 15.0 Å². The molecule has 192 valence electrons. The summed E-state index contributed by atoms with van der Waals surface area (Å²) < 4.78 is 53.0. The topological polar surface area (TPSA) is 108 Å². The fourth-order valence-electron chi connectivity index (χ4n) is 4.80. The molecule has 9 nitrogen and oxygen atoms in total. The van der Waals surface area contributed by atoms with Crippen molar-refractivity contribution >= 4 is 52.5 Å². The number of hydrogen-bond acceptors (Lipinski definition) is 8. The van der Waals surface area contributed by atoms with Crippen LogP contribution in [-0.2, 0) is 24.7 Å². The summed E-state index contributed by atoms with van der Waals surface area (Å²) >= 11 is 1.43. The predicted octanol–water partition coefficient (Wildman–Crippen LogP) is 2.51. The zero-order chi connectivity index (χ0) is 25.7. The molecule has 1 unspecified atom stereocenters. The smallest absolute Gasteiger partial charge is 0.243 e. The summed E-state index contributed by atoms with van der Waals surface area (Å²) in [5.74, 6) is -0.161. The fourth-order valence-corrected chi connectivity index (χ4v) is 8.39. The lowest BCUT2D eigenvalue weighted by molar-refractivity contribution is -0.134. The van der Waals surface area contributed by atoms with Crippen molar-refractivity contribution in [3.8, 4) is 0 Å². The first-order chi connectivity index (χ1) is 17.1. The molecule has 0 spiro atoms. The van der Waals surface area contributed by atoms with Gasteiger partial charge in [0.05, 0.1) is 14.5 Å². The van der Waals surface area contributed by atoms with Gasteiger partial charge in [0, 0.05) is 39.0 Å². The molecule has 2 aliphatic heterocycles. The molecule has 2 fully saturated rings. The molecular formula is C24H28N4O5S3. The Morgan fingerprint density at radius 1 is 0.972 bits per heavy atom. The third-order valence-corrected chi connectivity index (χ3v) is 10.9. The van der Waals surface area contributed by atoms with Crippen molar-refractivity contribution in [2.75, 3.05) is 43.9 Å². The van der Waals surface area contributed by atoms with Gasteiger partial charge >= 0.3 is 0 Å². The van der Waals surface area contributed by atoms with Crippen molar-refractivity contribution in [2.24, 2.45) is 0 Å². The minimum Gasteiger partial charge on any atom is -0.345 e. The summed E-state index contributed by atoms with van der Waals surface area (Å²) in [5, 5.41) is 0.720. The van der Waals surface area contributed by atoms with E-state index in [0.29, 0.717) is 51.1 Å². The van der Waals surface area contributed by atoms with E-state index in [0.717, 1.165) is 15.4 Å². The van der Waals surface area contributed by atoms with E-state index in [-0.39, 0.29) is 15.7 Å². The Labute approximate surface area is 215 Å². The number of sulfone groups is 1. The minimum absolute atomic E-state index is 0.161. The average Bonchev–Trinajstić information content (AvgIpc) is 3.51. The van der Waals surface area contributed by atoms with Gasteiger partial charge in [-0.3, -0.25) is 4.79 Å². The first kappa shape index (κ1) is 25.1. The zero-order valence-corrected chi connectivity index (χ0v) is 22.6. The number of rotatable bonds is 5. The Hall–Kier alpha value is -2.54. The Bertz CT molecular complexity index is 1510. The number of thiazole rings is 1. The summed E-state index contributed by atoms with van der Waals surface area (Å²) in [6.45, 7) is 4.21. The molecule has 1 amide bonds. The molecule has 12 heteroatoms. The highest BCUT2D eigenvalue weighted by Crippen LogP contribution is 2.33. The van der Waals surface area contributed by atoms with Gasteiger partial charge in [-0.15, -0.1) is 0 Å². The highest BCUT2D eigenvalue weighted by molar-refractivity contribution is 7.91. The van der Waals surface area contributed by atoms with E-state index < -0.39 is 25.9 Å². The van der Waals surface area contributed by atoms with Crippen LogP contribution in [0.3, 0.4) is 0 Å². The number of amides is 1. The van der Waals surface area contributed by atoms with Gasteiger partial charge in [0.25, 0.3) is 0 Å². The summed E-state index contributed by atoms with van der Waals surface area (Å²) in [6.07, 6.45) is 2.34. The van der Waals surface area contributed by atoms with Crippen LogP contribution in [0, 0.1) is 6.92 Å². The molecule has 0 radical (unpaired) electrons. The van der Waals surface area contributed by atoms with Crippen LogP contribution in [0.15, 0.2) is 52.3 Å². The molecule has 3 aromatic rings. The molecule has 0 aliphatic carbocycles. The number of piperazine rings is 1. The third kappa shape index (κ3) is 4.62. The van der Waals surface area contributed by atoms with E-state index in [9.17, 15) is 21.6 Å². The first-order valence-corrected chi connectivity index (χ1v) is 15.9. The van der Waals surface area contributed by atoms with Gasteiger partial charge in [-0.1, -0.05) is 35.1 Å². The molecule has 2 saturated heterocycles. The van der Waals surface area contributed by atoms with Crippen molar-refractivity contribution in [1.29, 1.82) is 0 Å². The van der Waals surface area contributed by atoms with Gasteiger partial charge in [-0.05, 0) is 44.0 Å². The summed E-state index contributed by atoms with van der Waals surface area (Å²) in [4.78, 5) is 22.2. The highest BCUT2D eigenvalue weighted by Gasteiger charge is 2.41. The van der Waals surface area contributed by atoms with Crippen molar-refractivity contribution in [3.63, 3.8) is 0 Å². The van der Waals surface area contributed by atoms with Gasteiger partial charge in [-0.25, -0.2) is 21.8 Å². The predicted molar refractivity (Wildman–Crippen MR) is 140 cm³/mol. The molecule has 0 bridgehead atoms. The quantitative estimate of drug-likeness (QED) is 0.482. The van der Waals surface area contributed by atoms with Crippen LogP contribution in [0.5, 0.6) is 0 Å². The number of carbonyl (C=O) groups excluding carboxylic acids is 1. The van der Waals surface area contributed by atoms with Gasteiger partial charge in [-0.2, -0.15) is 4.31 Å². The molecule has 2 aliphatic rings. The summed E-state index contributed by atoms with van der Waals surface area (Å²) in [7, 11) is -7.15. The lowest BCUT2D eigenvalue weighted by atomic mass is 10.2. The Balaban J connectivity index is 1.29. The highest BCUT2D eigenvalue weighted by atomic mass is 32.2. The molecule has 1 atom stereocenters. The molecule has 1 aromatic heterocycles. The summed E-state index contributed by atoms with van der Waals surface area (Å²) in [6, 6.07) is 11.2. The second-order valence-electron chi connectivity index (χ2n) is 9.27. The number of aryl methyl sites for hydroxylation is 1. The zero-order valence-electron chi connectivity index (χ0n) is 20.1. The van der Waals surface area contributed by atoms with Crippen molar-refractivity contribution in [3.05, 3.63) is 48.0 Å². The third-order valence-electron chi connectivity index (χ3n) is 6.75. The minimum atomic E-state index is -3.76. The normalized spacial score (nSPS) is 19.8. The van der Waals surface area contributed by atoms with E-state index in [4.69, 9.17) is 0 Å². The maximum absolute atomic E-state index is 13.4. The Kier molecular flexibility index (Phi) is 6.56. The van der Waals surface area contributed by atoms with Gasteiger partial charge in [0.2, 0.25) is 15.9 Å². The maximum Gasteiger partial charge on any atom is 0.243 e. The molecule has 36 heavy (non-hydrogen) atoms.